The third-order valence-corrected chi connectivity index (χ3v) is 3.34. The summed E-state index contributed by atoms with van der Waals surface area (Å²) in [5.41, 5.74) is 0. The van der Waals surface area contributed by atoms with Gasteiger partial charge in [0.1, 0.15) is 0 Å². The molecule has 0 spiro atoms. The summed E-state index contributed by atoms with van der Waals surface area (Å²) in [5, 5.41) is 0. The minimum atomic E-state index is -0.101. The standard InChI is InChI=1S/C11H21NO2/c1-9-5-4-7-12(10(9)2)8-6-11(13)14-3/h9-10H,4-8H2,1-3H3. The Morgan fingerprint density at radius 3 is 2.86 bits per heavy atom. The Morgan fingerprint density at radius 1 is 1.50 bits per heavy atom. The first-order valence-corrected chi connectivity index (χ1v) is 5.46. The first-order valence-electron chi connectivity index (χ1n) is 5.46. The van der Waals surface area contributed by atoms with Crippen molar-refractivity contribution in [3.8, 4) is 0 Å². The van der Waals surface area contributed by atoms with Crippen molar-refractivity contribution in [1.29, 1.82) is 0 Å². The Labute approximate surface area is 86.4 Å². The van der Waals surface area contributed by atoms with Crippen molar-refractivity contribution < 1.29 is 9.53 Å². The number of hydrogen-bond acceptors (Lipinski definition) is 3. The van der Waals surface area contributed by atoms with Crippen LogP contribution in [-0.2, 0) is 9.53 Å². The zero-order valence-electron chi connectivity index (χ0n) is 9.45. The molecule has 0 aromatic heterocycles. The highest BCUT2D eigenvalue weighted by Crippen LogP contribution is 2.22. The summed E-state index contributed by atoms with van der Waals surface area (Å²) in [6.45, 7) is 6.51. The predicted octanol–water partition coefficient (Wildman–Crippen LogP) is 1.67. The van der Waals surface area contributed by atoms with Crippen LogP contribution >= 0.6 is 0 Å². The van der Waals surface area contributed by atoms with Gasteiger partial charge in [0.05, 0.1) is 13.5 Å². The number of esters is 1. The molecule has 0 amide bonds. The molecule has 0 aromatic rings. The van der Waals surface area contributed by atoms with E-state index >= 15 is 0 Å². The van der Waals surface area contributed by atoms with Crippen LogP contribution in [0.3, 0.4) is 0 Å². The van der Waals surface area contributed by atoms with Crippen LogP contribution in [0.25, 0.3) is 0 Å². The molecule has 0 aromatic carbocycles. The molecule has 0 N–H and O–H groups in total. The summed E-state index contributed by atoms with van der Waals surface area (Å²) >= 11 is 0. The third-order valence-electron chi connectivity index (χ3n) is 3.34. The van der Waals surface area contributed by atoms with Gasteiger partial charge >= 0.3 is 5.97 Å². The van der Waals surface area contributed by atoms with E-state index < -0.39 is 0 Å². The SMILES string of the molecule is COC(=O)CCN1CCCC(C)C1C. The number of piperidine rings is 1. The molecule has 0 radical (unpaired) electrons. The lowest BCUT2D eigenvalue weighted by Gasteiger charge is -2.37. The summed E-state index contributed by atoms with van der Waals surface area (Å²) < 4.78 is 4.64. The summed E-state index contributed by atoms with van der Waals surface area (Å²) in [4.78, 5) is 13.4. The van der Waals surface area contributed by atoms with Crippen molar-refractivity contribution in [1.82, 2.24) is 4.90 Å². The van der Waals surface area contributed by atoms with Crippen molar-refractivity contribution in [2.45, 2.75) is 39.2 Å². The Bertz CT molecular complexity index is 194. The second-order valence-electron chi connectivity index (χ2n) is 4.22. The number of ether oxygens (including phenoxy) is 1. The van der Waals surface area contributed by atoms with Gasteiger partial charge in [0.15, 0.2) is 0 Å². The quantitative estimate of drug-likeness (QED) is 0.648. The van der Waals surface area contributed by atoms with Crippen LogP contribution in [-0.4, -0.2) is 37.1 Å². The molecule has 1 saturated heterocycles. The van der Waals surface area contributed by atoms with E-state index in [0.29, 0.717) is 12.5 Å². The minimum absolute atomic E-state index is 0.101. The minimum Gasteiger partial charge on any atom is -0.469 e. The summed E-state index contributed by atoms with van der Waals surface area (Å²) in [5.74, 6) is 0.650. The number of rotatable bonds is 3. The van der Waals surface area contributed by atoms with Crippen molar-refractivity contribution in [3.63, 3.8) is 0 Å². The van der Waals surface area contributed by atoms with Crippen molar-refractivity contribution in [3.05, 3.63) is 0 Å². The number of hydrogen-bond donors (Lipinski definition) is 0. The van der Waals surface area contributed by atoms with E-state index in [0.717, 1.165) is 19.0 Å². The molecule has 3 nitrogen and oxygen atoms in total. The number of nitrogens with zero attached hydrogens (tertiary/aromatic N) is 1. The van der Waals surface area contributed by atoms with Crippen LogP contribution in [0.2, 0.25) is 0 Å². The Balaban J connectivity index is 2.32. The van der Waals surface area contributed by atoms with E-state index in [4.69, 9.17) is 0 Å². The second-order valence-corrected chi connectivity index (χ2v) is 4.22. The molecule has 1 fully saturated rings. The molecule has 14 heavy (non-hydrogen) atoms. The van der Waals surface area contributed by atoms with Crippen LogP contribution < -0.4 is 0 Å². The number of carbonyl (C=O) groups excluding carboxylic acids is 1. The van der Waals surface area contributed by atoms with E-state index in [2.05, 4.69) is 23.5 Å². The molecule has 0 aliphatic carbocycles. The van der Waals surface area contributed by atoms with Gasteiger partial charge in [0.25, 0.3) is 0 Å². The maximum Gasteiger partial charge on any atom is 0.306 e. The van der Waals surface area contributed by atoms with Gasteiger partial charge in [-0.25, -0.2) is 0 Å². The topological polar surface area (TPSA) is 29.5 Å². The third kappa shape index (κ3) is 2.98. The van der Waals surface area contributed by atoms with E-state index in [1.54, 1.807) is 0 Å². The van der Waals surface area contributed by atoms with Gasteiger partial charge in [-0.05, 0) is 32.2 Å². The number of methoxy groups -OCH3 is 1. The molecule has 0 bridgehead atoms. The molecular formula is C11H21NO2. The Hall–Kier alpha value is -0.570. The molecular weight excluding hydrogens is 178 g/mol. The van der Waals surface area contributed by atoms with Gasteiger partial charge in [-0.15, -0.1) is 0 Å². The monoisotopic (exact) mass is 199 g/mol. The normalized spacial score (nSPS) is 28.8. The van der Waals surface area contributed by atoms with Crippen LogP contribution in [0.4, 0.5) is 0 Å². The lowest BCUT2D eigenvalue weighted by atomic mass is 9.92. The highest BCUT2D eigenvalue weighted by Gasteiger charge is 2.24. The molecule has 0 saturated carbocycles. The highest BCUT2D eigenvalue weighted by atomic mass is 16.5. The number of carbonyl (C=O) groups is 1. The van der Waals surface area contributed by atoms with Gasteiger partial charge in [0.2, 0.25) is 0 Å². The first kappa shape index (κ1) is 11.5. The lowest BCUT2D eigenvalue weighted by Crippen LogP contribution is -2.43. The van der Waals surface area contributed by atoms with E-state index in [9.17, 15) is 4.79 Å². The van der Waals surface area contributed by atoms with E-state index in [1.807, 2.05) is 0 Å². The predicted molar refractivity (Wildman–Crippen MR) is 56.1 cm³/mol. The first-order chi connectivity index (χ1) is 6.65. The fourth-order valence-electron chi connectivity index (χ4n) is 2.07. The smallest absolute Gasteiger partial charge is 0.306 e. The van der Waals surface area contributed by atoms with Crippen molar-refractivity contribution in [2.24, 2.45) is 5.92 Å². The maximum absolute atomic E-state index is 11.0. The van der Waals surface area contributed by atoms with E-state index in [-0.39, 0.29) is 5.97 Å². The maximum atomic E-state index is 11.0. The fraction of sp³-hybridized carbons (Fsp3) is 0.909. The van der Waals surface area contributed by atoms with Gasteiger partial charge in [0, 0.05) is 12.6 Å². The van der Waals surface area contributed by atoms with Crippen LogP contribution in [0.5, 0.6) is 0 Å². The van der Waals surface area contributed by atoms with Gasteiger partial charge in [-0.2, -0.15) is 0 Å². The molecule has 1 rings (SSSR count). The Morgan fingerprint density at radius 2 is 2.21 bits per heavy atom. The van der Waals surface area contributed by atoms with Gasteiger partial charge < -0.3 is 4.74 Å². The van der Waals surface area contributed by atoms with Gasteiger partial charge in [-0.1, -0.05) is 6.92 Å². The molecule has 3 heteroatoms. The zero-order valence-corrected chi connectivity index (χ0v) is 9.45. The average Bonchev–Trinajstić information content (AvgIpc) is 2.20. The van der Waals surface area contributed by atoms with Crippen LogP contribution in [0.15, 0.2) is 0 Å². The summed E-state index contributed by atoms with van der Waals surface area (Å²) in [6.07, 6.45) is 3.09. The molecule has 1 aliphatic rings. The Kier molecular flexibility index (Phi) is 4.39. The lowest BCUT2D eigenvalue weighted by molar-refractivity contribution is -0.141. The number of likely N-dealkylation sites (tertiary alicyclic amines) is 1. The van der Waals surface area contributed by atoms with Gasteiger partial charge in [-0.3, -0.25) is 9.69 Å². The van der Waals surface area contributed by atoms with Crippen LogP contribution in [0, 0.1) is 5.92 Å². The van der Waals surface area contributed by atoms with Crippen LogP contribution in [0.1, 0.15) is 33.1 Å². The average molecular weight is 199 g/mol. The summed E-state index contributed by atoms with van der Waals surface area (Å²) in [6, 6.07) is 0.605. The molecule has 1 aliphatic heterocycles. The second kappa shape index (κ2) is 5.35. The molecule has 2 unspecified atom stereocenters. The summed E-state index contributed by atoms with van der Waals surface area (Å²) in [7, 11) is 1.45. The molecule has 2 atom stereocenters. The zero-order chi connectivity index (χ0) is 10.6. The fourth-order valence-corrected chi connectivity index (χ4v) is 2.07. The largest absolute Gasteiger partial charge is 0.469 e. The molecule has 82 valence electrons. The highest BCUT2D eigenvalue weighted by molar-refractivity contribution is 5.69. The van der Waals surface area contributed by atoms with Crippen molar-refractivity contribution >= 4 is 5.97 Å². The molecule has 1 heterocycles. The van der Waals surface area contributed by atoms with Crippen molar-refractivity contribution in [2.75, 3.05) is 20.2 Å². The van der Waals surface area contributed by atoms with E-state index in [1.165, 1.54) is 20.0 Å².